The van der Waals surface area contributed by atoms with Gasteiger partial charge in [-0.15, -0.1) is 10.2 Å². The normalized spacial score (nSPS) is 18.0. The third-order valence-corrected chi connectivity index (χ3v) is 7.09. The van der Waals surface area contributed by atoms with Gasteiger partial charge in [0.05, 0.1) is 29.8 Å². The Balaban J connectivity index is 1.32. The third-order valence-electron chi connectivity index (χ3n) is 7.09. The molecule has 1 saturated heterocycles. The van der Waals surface area contributed by atoms with Crippen molar-refractivity contribution in [2.24, 2.45) is 0 Å². The number of hydrogen-bond donors (Lipinski definition) is 0. The highest BCUT2D eigenvalue weighted by Crippen LogP contribution is 2.38. The number of pyridine rings is 1. The van der Waals surface area contributed by atoms with Crippen LogP contribution in [0.2, 0.25) is 0 Å². The monoisotopic (exact) mass is 564 g/mol. The molecule has 0 radical (unpaired) electrons. The predicted molar refractivity (Wildman–Crippen MR) is 132 cm³/mol. The number of piperazine rings is 1. The van der Waals surface area contributed by atoms with Gasteiger partial charge in [0.25, 0.3) is 11.8 Å². The van der Waals surface area contributed by atoms with Crippen molar-refractivity contribution in [2.45, 2.75) is 38.4 Å². The van der Waals surface area contributed by atoms with Crippen LogP contribution in [0.3, 0.4) is 0 Å². The summed E-state index contributed by atoms with van der Waals surface area (Å²) < 4.78 is 68.6. The number of carbonyl (C=O) groups is 2. The molecule has 40 heavy (non-hydrogen) atoms. The van der Waals surface area contributed by atoms with Crippen molar-refractivity contribution >= 4 is 17.5 Å². The lowest BCUT2D eigenvalue weighted by Crippen LogP contribution is -2.52. The predicted octanol–water partition coefficient (Wildman–Crippen LogP) is 4.21. The number of alkyl halides is 5. The Hall–Kier alpha value is -3.94. The van der Waals surface area contributed by atoms with E-state index in [1.165, 1.54) is 23.2 Å². The Morgan fingerprint density at radius 3 is 2.35 bits per heavy atom. The molecule has 4 heterocycles. The van der Waals surface area contributed by atoms with Crippen LogP contribution in [0.5, 0.6) is 0 Å². The van der Waals surface area contributed by atoms with E-state index < -0.39 is 42.3 Å². The zero-order valence-corrected chi connectivity index (χ0v) is 21.6. The number of amides is 2. The molecule has 1 fully saturated rings. The first-order chi connectivity index (χ1) is 18.8. The molecule has 2 aromatic heterocycles. The van der Waals surface area contributed by atoms with Gasteiger partial charge in [0.2, 0.25) is 11.8 Å². The van der Waals surface area contributed by atoms with Crippen LogP contribution in [0, 0.1) is 0 Å². The van der Waals surface area contributed by atoms with Crippen molar-refractivity contribution in [1.29, 1.82) is 0 Å². The summed E-state index contributed by atoms with van der Waals surface area (Å²) >= 11 is 0. The minimum Gasteiger partial charge on any atom is -0.415 e. The molecule has 0 N–H and O–H groups in total. The first-order valence-corrected chi connectivity index (χ1v) is 12.5. The summed E-state index contributed by atoms with van der Waals surface area (Å²) in [6, 6.07) is 8.21. The van der Waals surface area contributed by atoms with Crippen molar-refractivity contribution in [1.82, 2.24) is 25.0 Å². The fourth-order valence-electron chi connectivity index (χ4n) is 4.93. The lowest BCUT2D eigenvalue weighted by molar-refractivity contribution is -0.146. The number of anilines is 1. The highest BCUT2D eigenvalue weighted by Gasteiger charge is 2.45. The summed E-state index contributed by atoms with van der Waals surface area (Å²) in [4.78, 5) is 35.5. The number of benzene rings is 1. The van der Waals surface area contributed by atoms with Gasteiger partial charge in [-0.2, -0.15) is 22.0 Å². The molecule has 0 saturated carbocycles. The van der Waals surface area contributed by atoms with Gasteiger partial charge in [-0.25, -0.2) is 0 Å². The molecular weight excluding hydrogens is 539 g/mol. The maximum absolute atomic E-state index is 13.5. The first-order valence-electron chi connectivity index (χ1n) is 12.5. The Labute approximate surface area is 225 Å². The molecule has 1 aromatic carbocycles. The van der Waals surface area contributed by atoms with Crippen LogP contribution < -0.4 is 4.90 Å². The van der Waals surface area contributed by atoms with Crippen LogP contribution in [-0.4, -0.2) is 75.7 Å². The van der Waals surface area contributed by atoms with Crippen molar-refractivity contribution in [3.8, 4) is 11.5 Å². The topological polar surface area (TPSA) is 95.7 Å². The molecule has 2 amide bonds. The molecule has 14 heteroatoms. The van der Waals surface area contributed by atoms with Gasteiger partial charge in [0.15, 0.2) is 0 Å². The van der Waals surface area contributed by atoms with Crippen LogP contribution >= 0.6 is 0 Å². The largest absolute Gasteiger partial charge is 0.415 e. The van der Waals surface area contributed by atoms with Crippen molar-refractivity contribution in [2.75, 3.05) is 37.6 Å². The SMILES string of the molecule is CC1(C)C(=O)N(Cc2ccc(-c3nnc(C(F)F)o3)cn2)C(=O)c2ccc(N3CCN(CC(F)(F)F)CC3)cc21. The van der Waals surface area contributed by atoms with Gasteiger partial charge in [0, 0.05) is 43.6 Å². The van der Waals surface area contributed by atoms with Gasteiger partial charge in [-0.1, -0.05) is 0 Å². The molecule has 2 aliphatic heterocycles. The molecule has 212 valence electrons. The van der Waals surface area contributed by atoms with Crippen LogP contribution in [0.4, 0.5) is 27.6 Å². The number of rotatable bonds is 6. The fraction of sp³-hybridized carbons (Fsp3) is 0.423. The van der Waals surface area contributed by atoms with Gasteiger partial charge in [0.1, 0.15) is 0 Å². The highest BCUT2D eigenvalue weighted by molar-refractivity contribution is 6.13. The molecule has 0 unspecified atom stereocenters. The van der Waals surface area contributed by atoms with Gasteiger partial charge < -0.3 is 9.32 Å². The lowest BCUT2D eigenvalue weighted by atomic mass is 9.77. The maximum Gasteiger partial charge on any atom is 0.401 e. The highest BCUT2D eigenvalue weighted by atomic mass is 19.4. The molecule has 0 spiro atoms. The quantitative estimate of drug-likeness (QED) is 0.325. The van der Waals surface area contributed by atoms with E-state index in [-0.39, 0.29) is 25.5 Å². The molecular formula is C26H25F5N6O3. The number of fused-ring (bicyclic) bond motifs is 1. The van der Waals surface area contributed by atoms with Crippen LogP contribution in [-0.2, 0) is 16.8 Å². The molecule has 3 aromatic rings. The second-order valence-corrected chi connectivity index (χ2v) is 10.2. The summed E-state index contributed by atoms with van der Waals surface area (Å²) in [5.74, 6) is -1.87. The Morgan fingerprint density at radius 1 is 1.02 bits per heavy atom. The average molecular weight is 565 g/mol. The summed E-state index contributed by atoms with van der Waals surface area (Å²) in [7, 11) is 0. The number of aromatic nitrogens is 3. The average Bonchev–Trinajstić information content (AvgIpc) is 3.41. The van der Waals surface area contributed by atoms with E-state index in [9.17, 15) is 31.5 Å². The first kappa shape index (κ1) is 27.6. The van der Waals surface area contributed by atoms with Gasteiger partial charge in [-0.3, -0.25) is 24.4 Å². The minimum atomic E-state index is -4.25. The van der Waals surface area contributed by atoms with E-state index in [1.54, 1.807) is 32.0 Å². The number of hydrogen-bond acceptors (Lipinski definition) is 8. The van der Waals surface area contributed by atoms with E-state index in [1.807, 2.05) is 4.90 Å². The number of nitrogens with zero attached hydrogens (tertiary/aromatic N) is 6. The standard InChI is InChI=1S/C26H25F5N6O3/c1-25(2)19-11-17(36-9-7-35(8-10-36)14-26(29,30)31)5-6-18(19)23(38)37(24(25)39)13-16-4-3-15(12-32-16)21-33-34-22(40-21)20(27)28/h3-6,11-12,20H,7-10,13-14H2,1-2H3. The summed E-state index contributed by atoms with van der Waals surface area (Å²) in [5.41, 5.74) is 1.26. The van der Waals surface area contributed by atoms with Crippen molar-refractivity contribution in [3.63, 3.8) is 0 Å². The van der Waals surface area contributed by atoms with Crippen molar-refractivity contribution < 1.29 is 36.0 Å². The van der Waals surface area contributed by atoms with E-state index in [0.29, 0.717) is 35.5 Å². The van der Waals surface area contributed by atoms with Crippen LogP contribution in [0.25, 0.3) is 11.5 Å². The Bertz CT molecular complexity index is 1410. The third kappa shape index (κ3) is 5.40. The maximum atomic E-state index is 13.5. The second-order valence-electron chi connectivity index (χ2n) is 10.2. The molecule has 9 nitrogen and oxygen atoms in total. The van der Waals surface area contributed by atoms with Crippen LogP contribution in [0.1, 0.15) is 47.8 Å². The summed E-state index contributed by atoms with van der Waals surface area (Å²) in [5, 5.41) is 6.85. The van der Waals surface area contributed by atoms with E-state index in [2.05, 4.69) is 15.2 Å². The molecule has 0 bridgehead atoms. The smallest absolute Gasteiger partial charge is 0.401 e. The second kappa shape index (κ2) is 10.2. The molecule has 5 rings (SSSR count). The molecule has 0 aliphatic carbocycles. The molecule has 2 aliphatic rings. The van der Waals surface area contributed by atoms with E-state index >= 15 is 0 Å². The number of imide groups is 1. The van der Waals surface area contributed by atoms with E-state index in [0.717, 1.165) is 10.6 Å². The molecule has 0 atom stereocenters. The fourth-order valence-corrected chi connectivity index (χ4v) is 4.93. The van der Waals surface area contributed by atoms with E-state index in [4.69, 9.17) is 4.42 Å². The Kier molecular flexibility index (Phi) is 7.06. The zero-order chi connectivity index (χ0) is 28.8. The summed E-state index contributed by atoms with van der Waals surface area (Å²) in [6.07, 6.45) is -5.83. The van der Waals surface area contributed by atoms with Crippen molar-refractivity contribution in [3.05, 3.63) is 59.2 Å². The summed E-state index contributed by atoms with van der Waals surface area (Å²) in [6.45, 7) is 3.63. The Morgan fingerprint density at radius 2 is 1.75 bits per heavy atom. The van der Waals surface area contributed by atoms with Gasteiger partial charge in [-0.05, 0) is 49.7 Å². The number of carbonyl (C=O) groups excluding carboxylic acids is 2. The minimum absolute atomic E-state index is 0.115. The number of halogens is 5. The van der Waals surface area contributed by atoms with Gasteiger partial charge >= 0.3 is 12.6 Å². The zero-order valence-electron chi connectivity index (χ0n) is 21.6. The van der Waals surface area contributed by atoms with Crippen LogP contribution in [0.15, 0.2) is 40.9 Å². The lowest BCUT2D eigenvalue weighted by Gasteiger charge is -2.39.